The van der Waals surface area contributed by atoms with Crippen molar-refractivity contribution >= 4 is 31.5 Å². The average molecular weight is 269 g/mol. The zero-order valence-corrected chi connectivity index (χ0v) is 9.64. The first-order valence-corrected chi connectivity index (χ1v) is 5.86. The molecule has 1 aromatic carbocycles. The Labute approximate surface area is 103 Å². The maximum atomic E-state index is 12.6. The first-order valence-electron chi connectivity index (χ1n) is 5.04. The molecule has 0 aliphatic heterocycles. The Bertz CT molecular complexity index is 748. The molecule has 0 saturated carbocycles. The van der Waals surface area contributed by atoms with Crippen LogP contribution >= 0.6 is 11.3 Å². The van der Waals surface area contributed by atoms with Gasteiger partial charge in [0.15, 0.2) is 0 Å². The summed E-state index contributed by atoms with van der Waals surface area (Å²) in [6.07, 6.45) is -2.93. The van der Waals surface area contributed by atoms with E-state index in [1.807, 2.05) is 0 Å². The molecule has 0 saturated heterocycles. The number of hydrogen-bond acceptors (Lipinski definition) is 3. The van der Waals surface area contributed by atoms with Crippen molar-refractivity contribution in [3.05, 3.63) is 36.0 Å². The second-order valence-electron chi connectivity index (χ2n) is 3.82. The van der Waals surface area contributed by atoms with Crippen molar-refractivity contribution in [1.82, 2.24) is 4.98 Å². The molecule has 92 valence electrons. The van der Waals surface area contributed by atoms with Crippen LogP contribution in [0.4, 0.5) is 13.2 Å². The summed E-state index contributed by atoms with van der Waals surface area (Å²) in [4.78, 5) is 3.74. The van der Waals surface area contributed by atoms with Crippen LogP contribution in [0, 0.1) is 0 Å². The zero-order valence-electron chi connectivity index (χ0n) is 8.82. The third-order valence-electron chi connectivity index (χ3n) is 2.69. The van der Waals surface area contributed by atoms with Gasteiger partial charge in [0, 0.05) is 21.0 Å². The summed E-state index contributed by atoms with van der Waals surface area (Å²) < 4.78 is 39.0. The van der Waals surface area contributed by atoms with Crippen molar-refractivity contribution in [2.75, 3.05) is 0 Å². The topological polar surface area (TPSA) is 33.1 Å². The van der Waals surface area contributed by atoms with Gasteiger partial charge in [-0.1, -0.05) is 6.07 Å². The number of pyridine rings is 1. The standard InChI is InChI=1S/C12H6F3NOS/c13-12(14,15)6-1-2-7-9(5-6)18-8-3-4-16-11(17)10(7)8/h1-5H,(H,16,17). The molecule has 18 heavy (non-hydrogen) atoms. The van der Waals surface area contributed by atoms with Crippen molar-refractivity contribution in [3.63, 3.8) is 0 Å². The van der Waals surface area contributed by atoms with E-state index in [1.54, 1.807) is 6.07 Å². The number of rotatable bonds is 0. The lowest BCUT2D eigenvalue weighted by Gasteiger charge is -2.05. The van der Waals surface area contributed by atoms with Crippen LogP contribution in [0.2, 0.25) is 0 Å². The Kier molecular flexibility index (Phi) is 2.25. The van der Waals surface area contributed by atoms with E-state index in [2.05, 4.69) is 4.98 Å². The summed E-state index contributed by atoms with van der Waals surface area (Å²) in [5, 5.41) is 10.8. The summed E-state index contributed by atoms with van der Waals surface area (Å²) in [5.41, 5.74) is -0.686. The third kappa shape index (κ3) is 1.60. The number of halogens is 3. The summed E-state index contributed by atoms with van der Waals surface area (Å²) in [6, 6.07) is 5.16. The fourth-order valence-electron chi connectivity index (χ4n) is 1.88. The van der Waals surface area contributed by atoms with E-state index in [9.17, 15) is 18.3 Å². The van der Waals surface area contributed by atoms with Crippen molar-refractivity contribution in [3.8, 4) is 5.88 Å². The van der Waals surface area contributed by atoms with Gasteiger partial charge < -0.3 is 5.11 Å². The number of aromatic nitrogens is 1. The second-order valence-corrected chi connectivity index (χ2v) is 4.90. The van der Waals surface area contributed by atoms with Crippen molar-refractivity contribution in [1.29, 1.82) is 0 Å². The van der Waals surface area contributed by atoms with Crippen LogP contribution in [-0.4, -0.2) is 10.1 Å². The molecule has 2 heterocycles. The molecule has 2 aromatic heterocycles. The van der Waals surface area contributed by atoms with E-state index >= 15 is 0 Å². The highest BCUT2D eigenvalue weighted by molar-refractivity contribution is 7.25. The molecule has 0 unspecified atom stereocenters. The molecule has 3 aromatic rings. The molecule has 2 nitrogen and oxygen atoms in total. The molecule has 3 rings (SSSR count). The van der Waals surface area contributed by atoms with Gasteiger partial charge in [0.05, 0.1) is 10.9 Å². The lowest BCUT2D eigenvalue weighted by Crippen LogP contribution is -2.03. The van der Waals surface area contributed by atoms with Gasteiger partial charge in [-0.3, -0.25) is 0 Å². The average Bonchev–Trinajstić information content (AvgIpc) is 2.66. The molecule has 0 radical (unpaired) electrons. The largest absolute Gasteiger partial charge is 0.493 e. The van der Waals surface area contributed by atoms with Crippen molar-refractivity contribution in [2.24, 2.45) is 0 Å². The molecule has 0 aliphatic carbocycles. The zero-order chi connectivity index (χ0) is 12.9. The van der Waals surface area contributed by atoms with Gasteiger partial charge in [-0.15, -0.1) is 11.3 Å². The minimum Gasteiger partial charge on any atom is -0.493 e. The Hall–Kier alpha value is -1.82. The van der Waals surface area contributed by atoms with E-state index in [0.717, 1.165) is 16.8 Å². The van der Waals surface area contributed by atoms with E-state index in [-0.39, 0.29) is 5.88 Å². The molecule has 0 spiro atoms. The molecule has 0 atom stereocenters. The SMILES string of the molecule is Oc1nccc2sc3cc(C(F)(F)F)ccc3c12. The minimum atomic E-state index is -4.36. The van der Waals surface area contributed by atoms with Crippen LogP contribution in [-0.2, 0) is 6.18 Å². The molecule has 0 aliphatic rings. The molecule has 1 N–H and O–H groups in total. The Balaban J connectivity index is 2.38. The van der Waals surface area contributed by atoms with E-state index in [1.165, 1.54) is 23.6 Å². The van der Waals surface area contributed by atoms with Crippen LogP contribution < -0.4 is 0 Å². The van der Waals surface area contributed by atoms with Gasteiger partial charge >= 0.3 is 6.18 Å². The second kappa shape index (κ2) is 3.58. The van der Waals surface area contributed by atoms with E-state index < -0.39 is 11.7 Å². The molecule has 0 bridgehead atoms. The van der Waals surface area contributed by atoms with Gasteiger partial charge in [0.2, 0.25) is 5.88 Å². The van der Waals surface area contributed by atoms with Crippen molar-refractivity contribution < 1.29 is 18.3 Å². The van der Waals surface area contributed by atoms with Crippen LogP contribution in [0.3, 0.4) is 0 Å². The monoisotopic (exact) mass is 269 g/mol. The molecule has 0 amide bonds. The predicted octanol–water partition coefficient (Wildman–Crippen LogP) is 4.17. The fraction of sp³-hybridized carbons (Fsp3) is 0.0833. The third-order valence-corrected chi connectivity index (χ3v) is 3.81. The van der Waals surface area contributed by atoms with Crippen LogP contribution in [0.25, 0.3) is 20.2 Å². The first-order chi connectivity index (χ1) is 8.47. The molecule has 0 fully saturated rings. The van der Waals surface area contributed by atoms with Crippen LogP contribution in [0.15, 0.2) is 30.5 Å². The maximum absolute atomic E-state index is 12.6. The summed E-state index contributed by atoms with van der Waals surface area (Å²) in [5.74, 6) is -0.154. The highest BCUT2D eigenvalue weighted by Gasteiger charge is 2.30. The Morgan fingerprint density at radius 3 is 2.61 bits per heavy atom. The quantitative estimate of drug-likeness (QED) is 0.664. The number of hydrogen-bond donors (Lipinski definition) is 1. The first kappa shape index (κ1) is 11.3. The summed E-state index contributed by atoms with van der Waals surface area (Å²) >= 11 is 1.21. The van der Waals surface area contributed by atoms with E-state index in [4.69, 9.17) is 0 Å². The van der Waals surface area contributed by atoms with Gasteiger partial charge in [-0.05, 0) is 18.2 Å². The molecule has 6 heteroatoms. The van der Waals surface area contributed by atoms with Gasteiger partial charge in [0.25, 0.3) is 0 Å². The number of benzene rings is 1. The highest BCUT2D eigenvalue weighted by atomic mass is 32.1. The predicted molar refractivity (Wildman–Crippen MR) is 63.8 cm³/mol. The van der Waals surface area contributed by atoms with Gasteiger partial charge in [-0.25, -0.2) is 4.98 Å². The van der Waals surface area contributed by atoms with Gasteiger partial charge in [-0.2, -0.15) is 13.2 Å². The summed E-state index contributed by atoms with van der Waals surface area (Å²) in [6.45, 7) is 0. The number of aromatic hydroxyl groups is 1. The Morgan fingerprint density at radius 1 is 1.11 bits per heavy atom. The summed E-state index contributed by atoms with van der Waals surface area (Å²) in [7, 11) is 0. The van der Waals surface area contributed by atoms with E-state index in [0.29, 0.717) is 15.5 Å². The highest BCUT2D eigenvalue weighted by Crippen LogP contribution is 2.40. The number of nitrogens with zero attached hydrogens (tertiary/aromatic N) is 1. The lowest BCUT2D eigenvalue weighted by molar-refractivity contribution is -0.137. The minimum absolute atomic E-state index is 0.154. The molecular formula is C12H6F3NOS. The number of alkyl halides is 3. The molecular weight excluding hydrogens is 263 g/mol. The van der Waals surface area contributed by atoms with Crippen LogP contribution in [0.5, 0.6) is 5.88 Å². The maximum Gasteiger partial charge on any atom is 0.416 e. The van der Waals surface area contributed by atoms with Gasteiger partial charge in [0.1, 0.15) is 0 Å². The fourth-order valence-corrected chi connectivity index (χ4v) is 3.02. The normalized spacial score (nSPS) is 12.4. The number of fused-ring (bicyclic) bond motifs is 3. The van der Waals surface area contributed by atoms with Crippen molar-refractivity contribution in [2.45, 2.75) is 6.18 Å². The number of thiophene rings is 1. The Morgan fingerprint density at radius 2 is 1.89 bits per heavy atom. The van der Waals surface area contributed by atoms with Crippen LogP contribution in [0.1, 0.15) is 5.56 Å². The lowest BCUT2D eigenvalue weighted by atomic mass is 10.1. The smallest absolute Gasteiger partial charge is 0.416 e.